The molecule has 0 atom stereocenters. The van der Waals surface area contributed by atoms with Gasteiger partial charge in [-0.3, -0.25) is 0 Å². The molecule has 0 amide bonds. The number of rotatable bonds is 3. The Hall–Kier alpha value is -3.04. The van der Waals surface area contributed by atoms with Crippen LogP contribution in [0.1, 0.15) is 16.1 Å². The topological polar surface area (TPSA) is 39.9 Å². The van der Waals surface area contributed by atoms with Crippen molar-refractivity contribution >= 4 is 61.9 Å². The van der Waals surface area contributed by atoms with Crippen molar-refractivity contribution in [3.63, 3.8) is 0 Å². The maximum atomic E-state index is 10.1. The number of thioether (sulfide) groups is 1. The number of anilines is 1. The predicted molar refractivity (Wildman–Crippen MR) is 133 cm³/mol. The molecule has 0 radical (unpaired) electrons. The van der Waals surface area contributed by atoms with Crippen LogP contribution in [0.3, 0.4) is 0 Å². The van der Waals surface area contributed by atoms with Gasteiger partial charge in [-0.15, -0.1) is 11.3 Å². The zero-order valence-corrected chi connectivity index (χ0v) is 18.9. The SMILES string of the molecule is Cc1ccc(N2C(c3ccc(Cl)cc3)=CS/C2=C(/C#N)c2nc3ccccc3s2)cc1. The van der Waals surface area contributed by atoms with Gasteiger partial charge in [0, 0.05) is 16.1 Å². The fourth-order valence-electron chi connectivity index (χ4n) is 3.43. The van der Waals surface area contributed by atoms with Crippen molar-refractivity contribution in [2.75, 3.05) is 4.90 Å². The van der Waals surface area contributed by atoms with Crippen molar-refractivity contribution in [1.29, 1.82) is 5.26 Å². The predicted octanol–water partition coefficient (Wildman–Crippen LogP) is 7.70. The Morgan fingerprint density at radius 3 is 2.45 bits per heavy atom. The summed E-state index contributed by atoms with van der Waals surface area (Å²) in [6, 6.07) is 26.5. The molecule has 1 aliphatic heterocycles. The van der Waals surface area contributed by atoms with Gasteiger partial charge in [-0.25, -0.2) is 4.98 Å². The molecule has 1 aliphatic rings. The highest BCUT2D eigenvalue weighted by Gasteiger charge is 2.29. The first-order chi connectivity index (χ1) is 15.1. The van der Waals surface area contributed by atoms with Crippen molar-refractivity contribution in [3.8, 4) is 6.07 Å². The number of aromatic nitrogens is 1. The maximum absolute atomic E-state index is 10.1. The van der Waals surface area contributed by atoms with Gasteiger partial charge in [0.15, 0.2) is 0 Å². The van der Waals surface area contributed by atoms with E-state index in [0.29, 0.717) is 10.6 Å². The first kappa shape index (κ1) is 19.9. The zero-order valence-electron chi connectivity index (χ0n) is 16.5. The lowest BCUT2D eigenvalue weighted by Crippen LogP contribution is -2.16. The Balaban J connectivity index is 1.68. The minimum atomic E-state index is 0.576. The second-order valence-corrected chi connectivity index (χ2v) is 9.40. The molecule has 6 heteroatoms. The standard InChI is InChI=1S/C25H16ClN3S2/c1-16-6-12-19(13-7-16)29-22(17-8-10-18(26)11-9-17)15-30-25(29)20(14-27)24-28-21-4-2-3-5-23(21)31-24/h2-13,15H,1H3/b25-20-. The molecule has 0 saturated carbocycles. The van der Waals surface area contributed by atoms with Gasteiger partial charge in [0.05, 0.1) is 15.9 Å². The average molecular weight is 458 g/mol. The largest absolute Gasteiger partial charge is 0.302 e. The number of hydrogen-bond donors (Lipinski definition) is 0. The van der Waals surface area contributed by atoms with Crippen LogP contribution in [0.4, 0.5) is 5.69 Å². The average Bonchev–Trinajstić information content (AvgIpc) is 3.40. The van der Waals surface area contributed by atoms with Gasteiger partial charge in [0.1, 0.15) is 21.7 Å². The van der Waals surface area contributed by atoms with Crippen LogP contribution in [0.5, 0.6) is 0 Å². The summed E-state index contributed by atoms with van der Waals surface area (Å²) in [5.41, 5.74) is 5.72. The highest BCUT2D eigenvalue weighted by Crippen LogP contribution is 2.46. The summed E-state index contributed by atoms with van der Waals surface area (Å²) < 4.78 is 1.07. The number of thiazole rings is 1. The summed E-state index contributed by atoms with van der Waals surface area (Å²) in [6.07, 6.45) is 0. The smallest absolute Gasteiger partial charge is 0.137 e. The lowest BCUT2D eigenvalue weighted by atomic mass is 10.1. The van der Waals surface area contributed by atoms with Crippen LogP contribution in [-0.2, 0) is 0 Å². The summed E-state index contributed by atoms with van der Waals surface area (Å²) in [5, 5.41) is 14.5. The lowest BCUT2D eigenvalue weighted by Gasteiger charge is -2.24. The van der Waals surface area contributed by atoms with E-state index in [1.165, 1.54) is 5.56 Å². The number of benzene rings is 3. The van der Waals surface area contributed by atoms with Crippen LogP contribution >= 0.6 is 34.7 Å². The first-order valence-electron chi connectivity index (χ1n) is 9.64. The molecule has 0 N–H and O–H groups in total. The van der Waals surface area contributed by atoms with E-state index < -0.39 is 0 Å². The summed E-state index contributed by atoms with van der Waals surface area (Å²) in [5.74, 6) is 0. The Bertz CT molecular complexity index is 1340. The number of hydrogen-bond acceptors (Lipinski definition) is 5. The molecule has 3 aromatic carbocycles. The van der Waals surface area contributed by atoms with Crippen LogP contribution in [0.25, 0.3) is 21.5 Å². The molecule has 5 rings (SSSR count). The molecule has 0 aliphatic carbocycles. The van der Waals surface area contributed by atoms with Crippen LogP contribution in [0, 0.1) is 18.3 Å². The fourth-order valence-corrected chi connectivity index (χ4v) is 5.62. The van der Waals surface area contributed by atoms with E-state index in [1.807, 2.05) is 48.5 Å². The van der Waals surface area contributed by atoms with Crippen LogP contribution in [0.2, 0.25) is 5.02 Å². The van der Waals surface area contributed by atoms with Crippen LogP contribution in [-0.4, -0.2) is 4.98 Å². The third-order valence-electron chi connectivity index (χ3n) is 4.99. The van der Waals surface area contributed by atoms with Crippen molar-refractivity contribution in [1.82, 2.24) is 4.98 Å². The molecular weight excluding hydrogens is 442 g/mol. The van der Waals surface area contributed by atoms with E-state index in [0.717, 1.165) is 37.2 Å². The van der Waals surface area contributed by atoms with Gasteiger partial charge in [-0.1, -0.05) is 65.3 Å². The summed E-state index contributed by atoms with van der Waals surface area (Å²) >= 11 is 9.20. The number of fused-ring (bicyclic) bond motifs is 1. The van der Waals surface area contributed by atoms with Gasteiger partial charge in [0.2, 0.25) is 0 Å². The third kappa shape index (κ3) is 3.75. The molecule has 0 saturated heterocycles. The molecule has 0 bridgehead atoms. The summed E-state index contributed by atoms with van der Waals surface area (Å²) in [4.78, 5) is 6.87. The maximum Gasteiger partial charge on any atom is 0.137 e. The number of nitriles is 1. The molecule has 0 fully saturated rings. The number of halogens is 1. The highest BCUT2D eigenvalue weighted by molar-refractivity contribution is 8.06. The van der Waals surface area contributed by atoms with E-state index in [-0.39, 0.29) is 0 Å². The molecule has 4 aromatic rings. The minimum absolute atomic E-state index is 0.576. The van der Waals surface area contributed by atoms with Crippen molar-refractivity contribution in [2.45, 2.75) is 6.92 Å². The molecular formula is C25H16ClN3S2. The van der Waals surface area contributed by atoms with E-state index in [2.05, 4.69) is 47.6 Å². The van der Waals surface area contributed by atoms with Crippen molar-refractivity contribution in [2.24, 2.45) is 0 Å². The first-order valence-corrected chi connectivity index (χ1v) is 11.7. The monoisotopic (exact) mass is 457 g/mol. The summed E-state index contributed by atoms with van der Waals surface area (Å²) in [7, 11) is 0. The van der Waals surface area contributed by atoms with Gasteiger partial charge in [-0.05, 0) is 48.9 Å². The molecule has 0 unspecified atom stereocenters. The Labute approximate surface area is 193 Å². The highest BCUT2D eigenvalue weighted by atomic mass is 35.5. The lowest BCUT2D eigenvalue weighted by molar-refractivity contribution is 1.27. The normalized spacial score (nSPS) is 15.1. The van der Waals surface area contributed by atoms with Crippen molar-refractivity contribution in [3.05, 3.63) is 104 Å². The molecule has 3 nitrogen and oxygen atoms in total. The zero-order chi connectivity index (χ0) is 21.4. The number of aryl methyl sites for hydroxylation is 1. The van der Waals surface area contributed by atoms with E-state index in [4.69, 9.17) is 16.6 Å². The van der Waals surface area contributed by atoms with Gasteiger partial charge in [0.25, 0.3) is 0 Å². The molecule has 2 heterocycles. The van der Waals surface area contributed by atoms with E-state index in [9.17, 15) is 5.26 Å². The Morgan fingerprint density at radius 2 is 1.74 bits per heavy atom. The second-order valence-electron chi connectivity index (χ2n) is 7.08. The number of para-hydroxylation sites is 1. The number of allylic oxidation sites excluding steroid dienone is 1. The third-order valence-corrected chi connectivity index (χ3v) is 7.25. The van der Waals surface area contributed by atoms with E-state index >= 15 is 0 Å². The van der Waals surface area contributed by atoms with E-state index in [1.54, 1.807) is 23.1 Å². The second kappa shape index (κ2) is 8.24. The summed E-state index contributed by atoms with van der Waals surface area (Å²) in [6.45, 7) is 2.07. The Kier molecular flexibility index (Phi) is 5.29. The quantitative estimate of drug-likeness (QED) is 0.295. The van der Waals surface area contributed by atoms with Gasteiger partial charge in [-0.2, -0.15) is 5.26 Å². The number of nitrogens with zero attached hydrogens (tertiary/aromatic N) is 3. The van der Waals surface area contributed by atoms with Crippen molar-refractivity contribution < 1.29 is 0 Å². The van der Waals surface area contributed by atoms with Gasteiger partial charge < -0.3 is 4.90 Å². The molecule has 1 aromatic heterocycles. The van der Waals surface area contributed by atoms with Crippen LogP contribution in [0.15, 0.2) is 83.2 Å². The minimum Gasteiger partial charge on any atom is -0.302 e. The Morgan fingerprint density at radius 1 is 1.00 bits per heavy atom. The molecule has 0 spiro atoms. The van der Waals surface area contributed by atoms with Gasteiger partial charge >= 0.3 is 0 Å². The van der Waals surface area contributed by atoms with Crippen LogP contribution < -0.4 is 4.90 Å². The fraction of sp³-hybridized carbons (Fsp3) is 0.0400. The molecule has 150 valence electrons. The molecule has 31 heavy (non-hydrogen) atoms.